The van der Waals surface area contributed by atoms with E-state index in [9.17, 15) is 4.79 Å². The molecule has 19 heavy (non-hydrogen) atoms. The molecule has 0 aliphatic rings. The maximum atomic E-state index is 11.6. The van der Waals surface area contributed by atoms with Crippen LogP contribution in [0.2, 0.25) is 0 Å². The first-order chi connectivity index (χ1) is 8.88. The molecule has 1 aromatic rings. The lowest BCUT2D eigenvalue weighted by Gasteiger charge is -2.31. The van der Waals surface area contributed by atoms with Crippen molar-refractivity contribution in [1.29, 1.82) is 0 Å². The number of hydrogen-bond acceptors (Lipinski definition) is 4. The maximum Gasteiger partial charge on any atom is 0.338 e. The first kappa shape index (κ1) is 15.3. The Morgan fingerprint density at radius 2 is 2.00 bits per heavy atom. The van der Waals surface area contributed by atoms with Crippen LogP contribution in [-0.4, -0.2) is 25.7 Å². The van der Waals surface area contributed by atoms with Crippen LogP contribution >= 0.6 is 0 Å². The van der Waals surface area contributed by atoms with E-state index in [0.717, 1.165) is 5.69 Å². The van der Waals surface area contributed by atoms with Crippen LogP contribution in [0.25, 0.3) is 0 Å². The summed E-state index contributed by atoms with van der Waals surface area (Å²) in [5.74, 6) is 0.189. The fraction of sp³-hybridized carbons (Fsp3) is 0.533. The smallest absolute Gasteiger partial charge is 0.338 e. The molecule has 2 N–H and O–H groups in total. The number of carbonyl (C=O) groups is 1. The van der Waals surface area contributed by atoms with Gasteiger partial charge in [0.1, 0.15) is 0 Å². The summed E-state index contributed by atoms with van der Waals surface area (Å²) >= 11 is 0. The molecular weight excluding hydrogens is 240 g/mol. The Morgan fingerprint density at radius 1 is 1.37 bits per heavy atom. The van der Waals surface area contributed by atoms with Crippen molar-refractivity contribution in [2.24, 2.45) is 5.92 Å². The highest BCUT2D eigenvalue weighted by Gasteiger charge is 2.17. The van der Waals surface area contributed by atoms with Gasteiger partial charge in [-0.1, -0.05) is 13.8 Å². The van der Waals surface area contributed by atoms with E-state index in [1.807, 2.05) is 13.1 Å². The van der Waals surface area contributed by atoms with Crippen molar-refractivity contribution in [3.05, 3.63) is 23.8 Å². The number of esters is 1. The van der Waals surface area contributed by atoms with Crippen LogP contribution in [0.1, 0.15) is 38.1 Å². The molecular formula is C15H24N2O2. The SMILES string of the molecule is CCOC(=O)c1ccc(N(C)C(C)C(C)C)c(N)c1. The van der Waals surface area contributed by atoms with E-state index in [0.29, 0.717) is 29.8 Å². The number of carbonyl (C=O) groups excluding carboxylic acids is 1. The number of ether oxygens (including phenoxy) is 1. The first-order valence-corrected chi connectivity index (χ1v) is 6.68. The molecule has 0 radical (unpaired) electrons. The third-order valence-electron chi connectivity index (χ3n) is 3.49. The molecule has 0 amide bonds. The molecule has 0 heterocycles. The van der Waals surface area contributed by atoms with E-state index in [1.165, 1.54) is 0 Å². The average Bonchev–Trinajstić information content (AvgIpc) is 2.37. The summed E-state index contributed by atoms with van der Waals surface area (Å²) < 4.78 is 4.96. The van der Waals surface area contributed by atoms with Gasteiger partial charge < -0.3 is 15.4 Å². The fourth-order valence-electron chi connectivity index (χ4n) is 1.88. The van der Waals surface area contributed by atoms with E-state index in [4.69, 9.17) is 10.5 Å². The van der Waals surface area contributed by atoms with Gasteiger partial charge in [-0.05, 0) is 38.0 Å². The van der Waals surface area contributed by atoms with Gasteiger partial charge in [0.25, 0.3) is 0 Å². The Kier molecular flexibility index (Phi) is 5.21. The minimum Gasteiger partial charge on any atom is -0.462 e. The van der Waals surface area contributed by atoms with E-state index in [1.54, 1.807) is 19.1 Å². The molecule has 0 saturated heterocycles. The van der Waals surface area contributed by atoms with Crippen LogP contribution in [-0.2, 0) is 4.74 Å². The van der Waals surface area contributed by atoms with Gasteiger partial charge in [0.2, 0.25) is 0 Å². The molecule has 1 unspecified atom stereocenters. The largest absolute Gasteiger partial charge is 0.462 e. The lowest BCUT2D eigenvalue weighted by molar-refractivity contribution is 0.0526. The predicted molar refractivity (Wildman–Crippen MR) is 79.5 cm³/mol. The van der Waals surface area contributed by atoms with Crippen molar-refractivity contribution in [2.45, 2.75) is 33.7 Å². The molecule has 0 fully saturated rings. The quantitative estimate of drug-likeness (QED) is 0.656. The second kappa shape index (κ2) is 6.45. The van der Waals surface area contributed by atoms with Crippen LogP contribution in [0, 0.1) is 5.92 Å². The van der Waals surface area contributed by atoms with Gasteiger partial charge in [-0.15, -0.1) is 0 Å². The zero-order valence-corrected chi connectivity index (χ0v) is 12.4. The molecule has 106 valence electrons. The zero-order chi connectivity index (χ0) is 14.6. The molecule has 0 saturated carbocycles. The molecule has 0 aliphatic carbocycles. The van der Waals surface area contributed by atoms with Crippen LogP contribution in [0.4, 0.5) is 11.4 Å². The topological polar surface area (TPSA) is 55.6 Å². The highest BCUT2D eigenvalue weighted by molar-refractivity contribution is 5.92. The zero-order valence-electron chi connectivity index (χ0n) is 12.4. The number of hydrogen-bond donors (Lipinski definition) is 1. The average molecular weight is 264 g/mol. The van der Waals surface area contributed by atoms with E-state index >= 15 is 0 Å². The van der Waals surface area contributed by atoms with Gasteiger partial charge >= 0.3 is 5.97 Å². The van der Waals surface area contributed by atoms with Gasteiger partial charge in [0, 0.05) is 13.1 Å². The third-order valence-corrected chi connectivity index (χ3v) is 3.49. The van der Waals surface area contributed by atoms with Crippen LogP contribution in [0.3, 0.4) is 0 Å². The Morgan fingerprint density at radius 3 is 2.47 bits per heavy atom. The molecule has 0 aliphatic heterocycles. The van der Waals surface area contributed by atoms with Gasteiger partial charge in [-0.2, -0.15) is 0 Å². The molecule has 0 spiro atoms. The van der Waals surface area contributed by atoms with Gasteiger partial charge in [-0.25, -0.2) is 4.79 Å². The van der Waals surface area contributed by atoms with Gasteiger partial charge in [0.15, 0.2) is 0 Å². The van der Waals surface area contributed by atoms with Crippen molar-refractivity contribution in [3.63, 3.8) is 0 Å². The summed E-state index contributed by atoms with van der Waals surface area (Å²) in [5, 5.41) is 0. The number of rotatable bonds is 5. The van der Waals surface area contributed by atoms with Gasteiger partial charge in [0.05, 0.1) is 23.5 Å². The van der Waals surface area contributed by atoms with Crippen molar-refractivity contribution < 1.29 is 9.53 Å². The van der Waals surface area contributed by atoms with Gasteiger partial charge in [-0.3, -0.25) is 0 Å². The normalized spacial score (nSPS) is 12.3. The number of nitrogens with two attached hydrogens (primary N) is 1. The lowest BCUT2D eigenvalue weighted by atomic mass is 10.0. The van der Waals surface area contributed by atoms with Crippen molar-refractivity contribution in [3.8, 4) is 0 Å². The molecule has 1 aromatic carbocycles. The van der Waals surface area contributed by atoms with Crippen molar-refractivity contribution in [1.82, 2.24) is 0 Å². The molecule has 0 bridgehead atoms. The summed E-state index contributed by atoms with van der Waals surface area (Å²) in [6, 6.07) is 5.68. The molecule has 4 nitrogen and oxygen atoms in total. The predicted octanol–water partition coefficient (Wildman–Crippen LogP) is 2.93. The second-order valence-corrected chi connectivity index (χ2v) is 5.09. The number of nitrogen functional groups attached to an aromatic ring is 1. The third kappa shape index (κ3) is 3.63. The fourth-order valence-corrected chi connectivity index (χ4v) is 1.88. The minimum atomic E-state index is -0.333. The highest BCUT2D eigenvalue weighted by atomic mass is 16.5. The number of nitrogens with zero attached hydrogens (tertiary/aromatic N) is 1. The monoisotopic (exact) mass is 264 g/mol. The summed E-state index contributed by atoms with van der Waals surface area (Å²) in [6.45, 7) is 8.65. The standard InChI is InChI=1S/C15H24N2O2/c1-6-19-15(18)12-7-8-14(13(16)9-12)17(5)11(4)10(2)3/h7-11H,6,16H2,1-5H3. The number of anilines is 2. The highest BCUT2D eigenvalue weighted by Crippen LogP contribution is 2.27. The Hall–Kier alpha value is -1.71. The van der Waals surface area contributed by atoms with E-state index in [-0.39, 0.29) is 5.97 Å². The first-order valence-electron chi connectivity index (χ1n) is 6.68. The Bertz CT molecular complexity index is 444. The van der Waals surface area contributed by atoms with E-state index < -0.39 is 0 Å². The summed E-state index contributed by atoms with van der Waals surface area (Å²) in [7, 11) is 2.01. The molecule has 0 aromatic heterocycles. The van der Waals surface area contributed by atoms with Crippen molar-refractivity contribution >= 4 is 17.3 Å². The van der Waals surface area contributed by atoms with Crippen molar-refractivity contribution in [2.75, 3.05) is 24.3 Å². The molecule has 1 rings (SSSR count). The Balaban J connectivity index is 2.97. The van der Waals surface area contributed by atoms with Crippen LogP contribution < -0.4 is 10.6 Å². The van der Waals surface area contributed by atoms with Crippen LogP contribution in [0.15, 0.2) is 18.2 Å². The second-order valence-electron chi connectivity index (χ2n) is 5.09. The summed E-state index contributed by atoms with van der Waals surface area (Å²) in [5.41, 5.74) is 8.08. The summed E-state index contributed by atoms with van der Waals surface area (Å²) in [6.07, 6.45) is 0. The minimum absolute atomic E-state index is 0.333. The molecule has 1 atom stereocenters. The van der Waals surface area contributed by atoms with E-state index in [2.05, 4.69) is 25.7 Å². The number of benzene rings is 1. The lowest BCUT2D eigenvalue weighted by Crippen LogP contribution is -2.33. The Labute approximate surface area is 115 Å². The molecule has 4 heteroatoms. The van der Waals surface area contributed by atoms with Crippen LogP contribution in [0.5, 0.6) is 0 Å². The maximum absolute atomic E-state index is 11.6. The summed E-state index contributed by atoms with van der Waals surface area (Å²) in [4.78, 5) is 13.8.